The van der Waals surface area contributed by atoms with E-state index in [1.165, 1.54) is 23.4 Å². The summed E-state index contributed by atoms with van der Waals surface area (Å²) in [4.78, 5) is 4.19. The van der Waals surface area contributed by atoms with Gasteiger partial charge in [-0.25, -0.2) is 4.98 Å². The molecule has 0 unspecified atom stereocenters. The van der Waals surface area contributed by atoms with Gasteiger partial charge in [-0.05, 0) is 29.5 Å². The van der Waals surface area contributed by atoms with Crippen molar-refractivity contribution in [3.05, 3.63) is 41.5 Å². The summed E-state index contributed by atoms with van der Waals surface area (Å²) >= 11 is 1.47. The molecule has 0 saturated carbocycles. The Hall–Kier alpha value is -2.39. The summed E-state index contributed by atoms with van der Waals surface area (Å²) < 4.78 is 5.77. The molecule has 0 saturated heterocycles. The molecule has 2 rings (SSSR count). The van der Waals surface area contributed by atoms with Crippen molar-refractivity contribution in [1.82, 2.24) is 4.98 Å². The molecule has 6 heteroatoms. The van der Waals surface area contributed by atoms with Crippen LogP contribution in [0.25, 0.3) is 0 Å². The zero-order chi connectivity index (χ0) is 18.4. The van der Waals surface area contributed by atoms with Crippen LogP contribution in [0.15, 0.2) is 35.4 Å². The molecule has 0 spiro atoms. The molecule has 0 aliphatic rings. The van der Waals surface area contributed by atoms with E-state index in [2.05, 4.69) is 44.0 Å². The predicted molar refractivity (Wildman–Crippen MR) is 104 cm³/mol. The Morgan fingerprint density at radius 1 is 1.20 bits per heavy atom. The molecular weight excluding hydrogens is 332 g/mol. The summed E-state index contributed by atoms with van der Waals surface area (Å²) in [7, 11) is 0. The lowest BCUT2D eigenvalue weighted by Crippen LogP contribution is -2.10. The molecule has 0 aliphatic carbocycles. The maximum absolute atomic E-state index is 9.17. The first-order valence-corrected chi connectivity index (χ1v) is 9.12. The summed E-state index contributed by atoms with van der Waals surface area (Å²) in [6.45, 7) is 7.16. The van der Waals surface area contributed by atoms with Crippen LogP contribution < -0.4 is 16.2 Å². The van der Waals surface area contributed by atoms with Gasteiger partial charge in [-0.2, -0.15) is 5.26 Å². The van der Waals surface area contributed by atoms with E-state index in [1.807, 2.05) is 12.1 Å². The van der Waals surface area contributed by atoms with E-state index >= 15 is 0 Å². The second-order valence-corrected chi connectivity index (χ2v) is 7.84. The minimum atomic E-state index is 0.139. The molecule has 4 N–H and O–H groups in total. The van der Waals surface area contributed by atoms with Crippen LogP contribution in [0.3, 0.4) is 0 Å². The number of anilines is 2. The molecule has 0 atom stereocenters. The van der Waals surface area contributed by atoms with Crippen LogP contribution in [0.5, 0.6) is 5.75 Å². The molecule has 0 aliphatic heterocycles. The summed E-state index contributed by atoms with van der Waals surface area (Å²) in [5.74, 6) is 1.96. The summed E-state index contributed by atoms with van der Waals surface area (Å²) in [6.07, 6.45) is 0.826. The van der Waals surface area contributed by atoms with E-state index in [0.29, 0.717) is 28.7 Å². The van der Waals surface area contributed by atoms with Gasteiger partial charge in [0, 0.05) is 11.8 Å². The smallest absolute Gasteiger partial charge is 0.126 e. The Morgan fingerprint density at radius 3 is 2.48 bits per heavy atom. The lowest BCUT2D eigenvalue weighted by Gasteiger charge is -2.19. The van der Waals surface area contributed by atoms with Gasteiger partial charge in [-0.1, -0.05) is 32.9 Å². The molecule has 0 bridgehead atoms. The van der Waals surface area contributed by atoms with Crippen molar-refractivity contribution >= 4 is 23.3 Å². The van der Waals surface area contributed by atoms with Crippen LogP contribution in [-0.4, -0.2) is 17.3 Å². The van der Waals surface area contributed by atoms with Crippen LogP contribution in [0.4, 0.5) is 11.5 Å². The quantitative estimate of drug-likeness (QED) is 0.600. The highest BCUT2D eigenvalue weighted by Crippen LogP contribution is 2.27. The number of aromatic nitrogens is 1. The standard InChI is InChI=1S/C19H24N4OS/c1-19(2,3)13-5-7-14(8-6-13)24-9-4-10-25-18-15(12-20)16(21)11-17(22)23-18/h5-8,11H,4,9-10H2,1-3H3,(H4,21,22,23). The Kier molecular flexibility index (Phi) is 6.16. The number of hydrogen-bond acceptors (Lipinski definition) is 6. The third kappa shape index (κ3) is 5.30. The van der Waals surface area contributed by atoms with Crippen LogP contribution in [0, 0.1) is 11.3 Å². The normalized spacial score (nSPS) is 11.1. The molecule has 1 aromatic carbocycles. The fraction of sp³-hybridized carbons (Fsp3) is 0.368. The van der Waals surface area contributed by atoms with E-state index in [4.69, 9.17) is 16.2 Å². The first-order chi connectivity index (χ1) is 11.8. The molecule has 1 aromatic heterocycles. The Labute approximate surface area is 153 Å². The molecule has 1 heterocycles. The van der Waals surface area contributed by atoms with Gasteiger partial charge >= 0.3 is 0 Å². The van der Waals surface area contributed by atoms with Gasteiger partial charge in [0.15, 0.2) is 0 Å². The molecule has 25 heavy (non-hydrogen) atoms. The molecule has 0 radical (unpaired) electrons. The summed E-state index contributed by atoms with van der Waals surface area (Å²) in [5.41, 5.74) is 13.7. The maximum atomic E-state index is 9.17. The van der Waals surface area contributed by atoms with E-state index in [-0.39, 0.29) is 5.41 Å². The lowest BCUT2D eigenvalue weighted by molar-refractivity contribution is 0.318. The Balaban J connectivity index is 1.82. The van der Waals surface area contributed by atoms with Crippen molar-refractivity contribution < 1.29 is 4.74 Å². The number of ether oxygens (including phenoxy) is 1. The average molecular weight is 356 g/mol. The van der Waals surface area contributed by atoms with Gasteiger partial charge < -0.3 is 16.2 Å². The highest BCUT2D eigenvalue weighted by Gasteiger charge is 2.13. The molecule has 132 valence electrons. The minimum absolute atomic E-state index is 0.139. The zero-order valence-electron chi connectivity index (χ0n) is 14.9. The third-order valence-corrected chi connectivity index (χ3v) is 4.73. The second kappa shape index (κ2) is 8.13. The topological polar surface area (TPSA) is 97.9 Å². The van der Waals surface area contributed by atoms with Crippen LogP contribution in [-0.2, 0) is 5.41 Å². The number of nitrogens with zero attached hydrogens (tertiary/aromatic N) is 2. The average Bonchev–Trinajstić information content (AvgIpc) is 2.54. The van der Waals surface area contributed by atoms with Gasteiger partial charge in [-0.15, -0.1) is 11.8 Å². The molecule has 2 aromatic rings. The molecular formula is C19H24N4OS. The van der Waals surface area contributed by atoms with E-state index < -0.39 is 0 Å². The number of nitrogen functional groups attached to an aromatic ring is 2. The Bertz CT molecular complexity index is 761. The monoisotopic (exact) mass is 356 g/mol. The number of benzene rings is 1. The number of nitrogens with two attached hydrogens (primary N) is 2. The zero-order valence-corrected chi connectivity index (χ0v) is 15.7. The predicted octanol–water partition coefficient (Wildman–Crippen LogP) is 3.98. The van der Waals surface area contributed by atoms with Crippen molar-refractivity contribution in [2.45, 2.75) is 37.6 Å². The van der Waals surface area contributed by atoms with Crippen molar-refractivity contribution in [3.8, 4) is 11.8 Å². The highest BCUT2D eigenvalue weighted by molar-refractivity contribution is 7.99. The van der Waals surface area contributed by atoms with E-state index in [9.17, 15) is 5.26 Å². The van der Waals surface area contributed by atoms with Crippen molar-refractivity contribution in [3.63, 3.8) is 0 Å². The fourth-order valence-electron chi connectivity index (χ4n) is 2.25. The van der Waals surface area contributed by atoms with Gasteiger partial charge in [0.05, 0.1) is 12.3 Å². The molecule has 0 amide bonds. The van der Waals surface area contributed by atoms with Gasteiger partial charge in [-0.3, -0.25) is 0 Å². The Morgan fingerprint density at radius 2 is 1.88 bits per heavy atom. The van der Waals surface area contributed by atoms with Crippen LogP contribution in [0.1, 0.15) is 38.3 Å². The van der Waals surface area contributed by atoms with Crippen molar-refractivity contribution in [2.75, 3.05) is 23.8 Å². The van der Waals surface area contributed by atoms with Crippen molar-refractivity contribution in [2.24, 2.45) is 0 Å². The second-order valence-electron chi connectivity index (χ2n) is 6.75. The highest BCUT2D eigenvalue weighted by atomic mass is 32.2. The van der Waals surface area contributed by atoms with Crippen LogP contribution in [0.2, 0.25) is 0 Å². The first-order valence-electron chi connectivity index (χ1n) is 8.13. The molecule has 0 fully saturated rings. The molecule has 5 nitrogen and oxygen atoms in total. The lowest BCUT2D eigenvalue weighted by atomic mass is 9.87. The number of rotatable bonds is 6. The fourth-order valence-corrected chi connectivity index (χ4v) is 3.18. The minimum Gasteiger partial charge on any atom is -0.494 e. The van der Waals surface area contributed by atoms with Crippen molar-refractivity contribution in [1.29, 1.82) is 5.26 Å². The largest absolute Gasteiger partial charge is 0.494 e. The van der Waals surface area contributed by atoms with Gasteiger partial charge in [0.2, 0.25) is 0 Å². The number of hydrogen-bond donors (Lipinski definition) is 2. The van der Waals surface area contributed by atoms with Gasteiger partial charge in [0.25, 0.3) is 0 Å². The third-order valence-electron chi connectivity index (χ3n) is 3.66. The van der Waals surface area contributed by atoms with E-state index in [0.717, 1.165) is 17.9 Å². The maximum Gasteiger partial charge on any atom is 0.126 e. The summed E-state index contributed by atoms with van der Waals surface area (Å²) in [6, 6.07) is 11.8. The first kappa shape index (κ1) is 18.9. The SMILES string of the molecule is CC(C)(C)c1ccc(OCCCSc2nc(N)cc(N)c2C#N)cc1. The number of nitriles is 1. The van der Waals surface area contributed by atoms with Crippen LogP contribution >= 0.6 is 11.8 Å². The summed E-state index contributed by atoms with van der Waals surface area (Å²) in [5, 5.41) is 9.75. The van der Waals surface area contributed by atoms with E-state index in [1.54, 1.807) is 0 Å². The number of pyridine rings is 1. The number of thioether (sulfide) groups is 1. The van der Waals surface area contributed by atoms with Gasteiger partial charge in [0.1, 0.15) is 28.2 Å².